The monoisotopic (exact) mass is 514 g/mol. The minimum Gasteiger partial charge on any atom is -0.506 e. The molecule has 0 fully saturated rings. The predicted molar refractivity (Wildman–Crippen MR) is 148 cm³/mol. The van der Waals surface area contributed by atoms with Crippen molar-refractivity contribution in [2.75, 3.05) is 6.61 Å². The second-order valence-corrected chi connectivity index (χ2v) is 9.63. The molecule has 0 unspecified atom stereocenters. The minimum absolute atomic E-state index is 0.0830. The molecule has 0 bridgehead atoms. The molecule has 1 aliphatic heterocycles. The number of benzene rings is 3. The van der Waals surface area contributed by atoms with Crippen LogP contribution in [0, 0.1) is 0 Å². The van der Waals surface area contributed by atoms with Gasteiger partial charge >= 0.3 is 5.97 Å². The lowest BCUT2D eigenvalue weighted by Gasteiger charge is -2.05. The lowest BCUT2D eigenvalue weighted by Crippen LogP contribution is -2.12. The fourth-order valence-corrected chi connectivity index (χ4v) is 5.34. The van der Waals surface area contributed by atoms with Gasteiger partial charge in [0.15, 0.2) is 0 Å². The van der Waals surface area contributed by atoms with Crippen molar-refractivity contribution in [2.24, 2.45) is 4.99 Å². The van der Waals surface area contributed by atoms with Gasteiger partial charge in [0.25, 0.3) is 0 Å². The Morgan fingerprint density at radius 2 is 1.86 bits per heavy atom. The van der Waals surface area contributed by atoms with Crippen molar-refractivity contribution in [3.05, 3.63) is 117 Å². The van der Waals surface area contributed by atoms with Crippen LogP contribution in [0.4, 0.5) is 5.69 Å². The quantitative estimate of drug-likeness (QED) is 0.270. The number of aliphatic hydroxyl groups excluding tert-OH is 1. The van der Waals surface area contributed by atoms with E-state index in [-0.39, 0.29) is 17.9 Å². The van der Waals surface area contributed by atoms with Crippen LogP contribution in [0.15, 0.2) is 106 Å². The fourth-order valence-electron chi connectivity index (χ4n) is 4.11. The highest BCUT2D eigenvalue weighted by molar-refractivity contribution is 8.18. The van der Waals surface area contributed by atoms with E-state index < -0.39 is 5.97 Å². The average molecular weight is 515 g/mol. The van der Waals surface area contributed by atoms with Gasteiger partial charge in [-0.05, 0) is 48.9 Å². The summed E-state index contributed by atoms with van der Waals surface area (Å²) in [5.41, 5.74) is 3.83. The normalized spacial score (nSPS) is 15.8. The molecule has 36 heavy (non-hydrogen) atoms. The van der Waals surface area contributed by atoms with Crippen LogP contribution in [-0.4, -0.2) is 27.3 Å². The summed E-state index contributed by atoms with van der Waals surface area (Å²) in [5, 5.41) is 13.2. The number of esters is 1. The summed E-state index contributed by atoms with van der Waals surface area (Å²) in [6, 6.07) is 25.2. The standard InChI is InChI=1S/C29H23ClN2O3S/c1-2-35-29(34)26-27(33)25(36-28(26)31-22-11-4-3-5-12-22)16-20-18-32(24-14-7-6-13-23(20)24)17-19-9-8-10-21(30)15-19/h3-16,18,33H,2,17H2,1H3/b25-16-,31-28?. The van der Waals surface area contributed by atoms with E-state index in [0.717, 1.165) is 22.0 Å². The molecule has 0 radical (unpaired) electrons. The van der Waals surface area contributed by atoms with Crippen molar-refractivity contribution in [3.8, 4) is 0 Å². The van der Waals surface area contributed by atoms with Gasteiger partial charge in [-0.2, -0.15) is 0 Å². The van der Waals surface area contributed by atoms with Crippen LogP contribution >= 0.6 is 23.4 Å². The zero-order chi connectivity index (χ0) is 25.1. The number of carbonyl (C=O) groups excluding carboxylic acids is 1. The molecule has 2 heterocycles. The molecule has 0 aliphatic carbocycles. The number of aromatic nitrogens is 1. The highest BCUT2D eigenvalue weighted by Crippen LogP contribution is 2.41. The van der Waals surface area contributed by atoms with Crippen molar-refractivity contribution >= 4 is 57.0 Å². The largest absolute Gasteiger partial charge is 0.506 e. The molecule has 1 aliphatic rings. The molecule has 0 amide bonds. The third kappa shape index (κ3) is 4.96. The molecule has 0 saturated heterocycles. The first-order valence-electron chi connectivity index (χ1n) is 11.5. The summed E-state index contributed by atoms with van der Waals surface area (Å²) in [5.74, 6) is -0.719. The summed E-state index contributed by atoms with van der Waals surface area (Å²) < 4.78 is 7.37. The van der Waals surface area contributed by atoms with E-state index in [1.165, 1.54) is 11.8 Å². The Labute approximate surface area is 218 Å². The molecule has 0 atom stereocenters. The number of fused-ring (bicyclic) bond motifs is 1. The second kappa shape index (κ2) is 10.5. The number of aliphatic imine (C=N–C) groups is 1. The van der Waals surface area contributed by atoms with Gasteiger partial charge in [-0.1, -0.05) is 71.9 Å². The summed E-state index contributed by atoms with van der Waals surface area (Å²) >= 11 is 7.45. The molecule has 1 aromatic heterocycles. The first-order valence-corrected chi connectivity index (χ1v) is 12.7. The molecule has 4 aromatic rings. The van der Waals surface area contributed by atoms with Crippen LogP contribution in [0.3, 0.4) is 0 Å². The molecule has 3 aromatic carbocycles. The lowest BCUT2D eigenvalue weighted by atomic mass is 10.1. The number of ether oxygens (including phenoxy) is 1. The number of halogens is 1. The number of para-hydroxylation sites is 2. The fraction of sp³-hybridized carbons (Fsp3) is 0.103. The summed E-state index contributed by atoms with van der Waals surface area (Å²) in [4.78, 5) is 17.9. The Morgan fingerprint density at radius 1 is 1.08 bits per heavy atom. The Kier molecular flexibility index (Phi) is 6.98. The second-order valence-electron chi connectivity index (χ2n) is 8.17. The first kappa shape index (κ1) is 24.0. The van der Waals surface area contributed by atoms with Crippen LogP contribution in [0.2, 0.25) is 5.02 Å². The van der Waals surface area contributed by atoms with E-state index in [4.69, 9.17) is 16.3 Å². The Bertz CT molecular complexity index is 1540. The molecular formula is C29H23ClN2O3S. The third-order valence-corrected chi connectivity index (χ3v) is 6.96. The zero-order valence-electron chi connectivity index (χ0n) is 19.5. The van der Waals surface area contributed by atoms with Gasteiger partial charge in [0, 0.05) is 34.2 Å². The maximum absolute atomic E-state index is 12.7. The minimum atomic E-state index is -0.594. The zero-order valence-corrected chi connectivity index (χ0v) is 21.1. The van der Waals surface area contributed by atoms with E-state index in [2.05, 4.69) is 15.6 Å². The molecule has 0 saturated carbocycles. The van der Waals surface area contributed by atoms with Gasteiger partial charge in [0.1, 0.15) is 16.4 Å². The number of rotatable bonds is 6. The van der Waals surface area contributed by atoms with Crippen molar-refractivity contribution in [2.45, 2.75) is 13.5 Å². The van der Waals surface area contributed by atoms with Crippen molar-refractivity contribution in [1.29, 1.82) is 0 Å². The van der Waals surface area contributed by atoms with Crippen molar-refractivity contribution < 1.29 is 14.6 Å². The van der Waals surface area contributed by atoms with Crippen LogP contribution in [-0.2, 0) is 16.1 Å². The van der Waals surface area contributed by atoms with E-state index in [1.807, 2.05) is 85.1 Å². The van der Waals surface area contributed by atoms with Gasteiger partial charge < -0.3 is 14.4 Å². The Balaban J connectivity index is 1.57. The molecule has 5 nitrogen and oxygen atoms in total. The van der Waals surface area contributed by atoms with Gasteiger partial charge in [-0.15, -0.1) is 0 Å². The SMILES string of the molecule is CCOC(=O)C1=C(O)/C(=C/c2cn(Cc3cccc(Cl)c3)c3ccccc23)SC1=Nc1ccccc1. The number of aliphatic hydroxyl groups is 1. The van der Waals surface area contributed by atoms with Crippen molar-refractivity contribution in [1.82, 2.24) is 4.57 Å². The number of nitrogens with zero attached hydrogens (tertiary/aromatic N) is 2. The molecule has 1 N–H and O–H groups in total. The van der Waals surface area contributed by atoms with Crippen LogP contribution in [0.25, 0.3) is 17.0 Å². The molecule has 7 heteroatoms. The van der Waals surface area contributed by atoms with Gasteiger partial charge in [-0.3, -0.25) is 0 Å². The predicted octanol–water partition coefficient (Wildman–Crippen LogP) is 7.54. The first-order chi connectivity index (χ1) is 17.5. The molecule has 0 spiro atoms. The smallest absolute Gasteiger partial charge is 0.344 e. The van der Waals surface area contributed by atoms with Crippen LogP contribution in [0.5, 0.6) is 0 Å². The number of hydrogen-bond donors (Lipinski definition) is 1. The lowest BCUT2D eigenvalue weighted by molar-refractivity contribution is -0.138. The molecular weight excluding hydrogens is 492 g/mol. The van der Waals surface area contributed by atoms with E-state index in [9.17, 15) is 9.90 Å². The number of carbonyl (C=O) groups is 1. The van der Waals surface area contributed by atoms with Gasteiger partial charge in [0.2, 0.25) is 0 Å². The summed E-state index contributed by atoms with van der Waals surface area (Å²) in [6.07, 6.45) is 3.94. The maximum atomic E-state index is 12.7. The highest BCUT2D eigenvalue weighted by Gasteiger charge is 2.33. The number of thioether (sulfide) groups is 1. The van der Waals surface area contributed by atoms with Gasteiger partial charge in [0.05, 0.1) is 17.2 Å². The molecule has 5 rings (SSSR count). The van der Waals surface area contributed by atoms with E-state index in [1.54, 1.807) is 6.92 Å². The highest BCUT2D eigenvalue weighted by atomic mass is 35.5. The average Bonchev–Trinajstić information content (AvgIpc) is 3.37. The van der Waals surface area contributed by atoms with Gasteiger partial charge in [-0.25, -0.2) is 9.79 Å². The third-order valence-electron chi connectivity index (χ3n) is 5.71. The van der Waals surface area contributed by atoms with Crippen LogP contribution in [0.1, 0.15) is 18.1 Å². The summed E-state index contributed by atoms with van der Waals surface area (Å²) in [6.45, 7) is 2.58. The Hall–Kier alpha value is -3.74. The van der Waals surface area contributed by atoms with E-state index in [0.29, 0.717) is 27.2 Å². The summed E-state index contributed by atoms with van der Waals surface area (Å²) in [7, 11) is 0. The Morgan fingerprint density at radius 3 is 2.64 bits per heavy atom. The topological polar surface area (TPSA) is 63.8 Å². The number of hydrogen-bond acceptors (Lipinski definition) is 5. The van der Waals surface area contributed by atoms with E-state index >= 15 is 0 Å². The maximum Gasteiger partial charge on any atom is 0.344 e. The van der Waals surface area contributed by atoms with Crippen molar-refractivity contribution in [3.63, 3.8) is 0 Å². The van der Waals surface area contributed by atoms with Crippen LogP contribution < -0.4 is 0 Å². The molecule has 180 valence electrons.